The summed E-state index contributed by atoms with van der Waals surface area (Å²) in [4.78, 5) is 31.9. The molecule has 1 fully saturated rings. The number of carbonyl (C=O) groups excluding carboxylic acids is 2. The molecule has 1 unspecified atom stereocenters. The number of halogens is 1. The Kier molecular flexibility index (Phi) is 6.23. The van der Waals surface area contributed by atoms with Gasteiger partial charge in [-0.25, -0.2) is 0 Å². The van der Waals surface area contributed by atoms with Crippen LogP contribution in [0.3, 0.4) is 0 Å². The molecule has 1 saturated heterocycles. The maximum Gasteiger partial charge on any atom is 0.296 e. The second kappa shape index (κ2) is 9.24. The second-order valence-corrected chi connectivity index (χ2v) is 7.64. The predicted molar refractivity (Wildman–Crippen MR) is 121 cm³/mol. The van der Waals surface area contributed by atoms with Crippen LogP contribution in [0.2, 0.25) is 5.02 Å². The number of aliphatic hydroxyl groups is 1. The largest absolute Gasteiger partial charge is 0.507 e. The lowest BCUT2D eigenvalue weighted by Crippen LogP contribution is -2.29. The lowest BCUT2D eigenvalue weighted by Gasteiger charge is -2.25. The average molecular weight is 449 g/mol. The first-order valence-corrected chi connectivity index (χ1v) is 10.5. The summed E-state index contributed by atoms with van der Waals surface area (Å²) < 4.78 is 5.51. The predicted octanol–water partition coefficient (Wildman–Crippen LogP) is 4.76. The van der Waals surface area contributed by atoms with Gasteiger partial charge in [0.05, 0.1) is 35.5 Å². The van der Waals surface area contributed by atoms with Gasteiger partial charge in [-0.3, -0.25) is 14.6 Å². The fourth-order valence-electron chi connectivity index (χ4n) is 3.78. The summed E-state index contributed by atoms with van der Waals surface area (Å²) >= 11 is 6.34. The molecule has 0 bridgehead atoms. The van der Waals surface area contributed by atoms with Crippen LogP contribution in [0.1, 0.15) is 29.8 Å². The molecule has 1 aromatic heterocycles. The van der Waals surface area contributed by atoms with Gasteiger partial charge in [0.25, 0.3) is 11.7 Å². The molecule has 0 spiro atoms. The van der Waals surface area contributed by atoms with E-state index in [0.717, 1.165) is 0 Å². The third-order valence-electron chi connectivity index (χ3n) is 5.22. The van der Waals surface area contributed by atoms with Crippen LogP contribution in [0, 0.1) is 0 Å². The number of aromatic nitrogens is 1. The number of Topliss-reactive ketones (excluding diaryl/α,β-unsaturated/α-hetero) is 1. The first kappa shape index (κ1) is 21.6. The average Bonchev–Trinajstić information content (AvgIpc) is 3.06. The van der Waals surface area contributed by atoms with Crippen LogP contribution in [0.15, 0.2) is 78.5 Å². The van der Waals surface area contributed by atoms with E-state index < -0.39 is 17.7 Å². The van der Waals surface area contributed by atoms with Gasteiger partial charge in [-0.2, -0.15) is 0 Å². The molecule has 1 aliphatic heterocycles. The minimum atomic E-state index is -0.787. The molecule has 2 aromatic carbocycles. The molecule has 7 heteroatoms. The Balaban J connectivity index is 1.87. The number of amides is 1. The molecule has 1 atom stereocenters. The van der Waals surface area contributed by atoms with E-state index in [1.807, 2.05) is 43.3 Å². The van der Waals surface area contributed by atoms with Crippen LogP contribution >= 0.6 is 11.6 Å². The first-order chi connectivity index (χ1) is 15.5. The number of benzene rings is 2. The van der Waals surface area contributed by atoms with Gasteiger partial charge in [-0.05, 0) is 42.8 Å². The summed E-state index contributed by atoms with van der Waals surface area (Å²) in [6.45, 7) is 2.39. The Morgan fingerprint density at radius 2 is 1.84 bits per heavy atom. The quantitative estimate of drug-likeness (QED) is 0.334. The van der Waals surface area contributed by atoms with Gasteiger partial charge >= 0.3 is 0 Å². The van der Waals surface area contributed by atoms with E-state index >= 15 is 0 Å². The highest BCUT2D eigenvalue weighted by atomic mass is 35.5. The number of ether oxygens (including phenoxy) is 1. The number of aliphatic hydroxyl groups excluding tert-OH is 1. The van der Waals surface area contributed by atoms with Gasteiger partial charge in [-0.1, -0.05) is 48.0 Å². The third kappa shape index (κ3) is 4.09. The molecule has 0 radical (unpaired) electrons. The molecule has 0 aliphatic carbocycles. The molecule has 162 valence electrons. The Hall–Kier alpha value is -3.64. The summed E-state index contributed by atoms with van der Waals surface area (Å²) in [6.07, 6.45) is 1.63. The van der Waals surface area contributed by atoms with Crippen molar-refractivity contribution in [3.63, 3.8) is 0 Å². The monoisotopic (exact) mass is 448 g/mol. The van der Waals surface area contributed by atoms with Crippen LogP contribution < -0.4 is 4.74 Å². The number of ketones is 1. The SMILES string of the molecule is CCOc1ccc(Cl)c(/C(O)=C2\C(=O)C(=O)N(Cc3ccccn3)C2c2ccccc2)c1. The smallest absolute Gasteiger partial charge is 0.296 e. The maximum atomic E-state index is 13.1. The van der Waals surface area contributed by atoms with E-state index in [4.69, 9.17) is 16.3 Å². The molecule has 32 heavy (non-hydrogen) atoms. The zero-order valence-corrected chi connectivity index (χ0v) is 18.1. The van der Waals surface area contributed by atoms with Crippen molar-refractivity contribution in [2.24, 2.45) is 0 Å². The van der Waals surface area contributed by atoms with Crippen LogP contribution in [0.4, 0.5) is 0 Å². The normalized spacial score (nSPS) is 17.6. The van der Waals surface area contributed by atoms with Gasteiger partial charge in [0, 0.05) is 11.8 Å². The van der Waals surface area contributed by atoms with Crippen molar-refractivity contribution >= 4 is 29.1 Å². The molecule has 2 heterocycles. The highest BCUT2D eigenvalue weighted by Crippen LogP contribution is 2.41. The zero-order valence-electron chi connectivity index (χ0n) is 17.4. The summed E-state index contributed by atoms with van der Waals surface area (Å²) in [6, 6.07) is 18.5. The fourth-order valence-corrected chi connectivity index (χ4v) is 3.99. The van der Waals surface area contributed by atoms with Crippen molar-refractivity contribution < 1.29 is 19.4 Å². The summed E-state index contributed by atoms with van der Waals surface area (Å²) in [7, 11) is 0. The van der Waals surface area contributed by atoms with E-state index in [2.05, 4.69) is 4.98 Å². The van der Waals surface area contributed by atoms with Crippen molar-refractivity contribution in [1.29, 1.82) is 0 Å². The minimum absolute atomic E-state index is 0.0207. The molecule has 3 aromatic rings. The van der Waals surface area contributed by atoms with Crippen LogP contribution in [-0.4, -0.2) is 33.3 Å². The third-order valence-corrected chi connectivity index (χ3v) is 5.55. The Morgan fingerprint density at radius 3 is 2.53 bits per heavy atom. The van der Waals surface area contributed by atoms with Crippen molar-refractivity contribution in [1.82, 2.24) is 9.88 Å². The molecular weight excluding hydrogens is 428 g/mol. The van der Waals surface area contributed by atoms with Gasteiger partial charge in [0.1, 0.15) is 11.5 Å². The lowest BCUT2D eigenvalue weighted by atomic mass is 9.95. The zero-order chi connectivity index (χ0) is 22.7. The standard InChI is InChI=1S/C25H21ClN2O4/c1-2-32-18-11-12-20(26)19(14-18)23(29)21-22(16-8-4-3-5-9-16)28(25(31)24(21)30)15-17-10-6-7-13-27-17/h3-14,22,29H,2,15H2,1H3/b23-21+. The first-order valence-electron chi connectivity index (χ1n) is 10.2. The molecule has 1 aliphatic rings. The number of nitrogens with zero attached hydrogens (tertiary/aromatic N) is 2. The number of rotatable bonds is 6. The molecule has 0 saturated carbocycles. The van der Waals surface area contributed by atoms with Crippen LogP contribution in [0.5, 0.6) is 5.75 Å². The summed E-state index contributed by atoms with van der Waals surface area (Å²) in [5, 5.41) is 11.5. The maximum absolute atomic E-state index is 13.1. The molecule has 1 amide bonds. The second-order valence-electron chi connectivity index (χ2n) is 7.23. The van der Waals surface area contributed by atoms with E-state index in [9.17, 15) is 14.7 Å². The molecule has 6 nitrogen and oxygen atoms in total. The van der Waals surface area contributed by atoms with E-state index in [1.165, 1.54) is 4.90 Å². The minimum Gasteiger partial charge on any atom is -0.507 e. The highest BCUT2D eigenvalue weighted by Gasteiger charge is 2.46. The number of hydrogen-bond donors (Lipinski definition) is 1. The van der Waals surface area contributed by atoms with Crippen molar-refractivity contribution in [2.45, 2.75) is 19.5 Å². The summed E-state index contributed by atoms with van der Waals surface area (Å²) in [5.74, 6) is -1.32. The Labute approximate surface area is 190 Å². The Bertz CT molecular complexity index is 1180. The van der Waals surface area contributed by atoms with Gasteiger partial charge in [0.15, 0.2) is 0 Å². The van der Waals surface area contributed by atoms with Crippen LogP contribution in [0.25, 0.3) is 5.76 Å². The highest BCUT2D eigenvalue weighted by molar-refractivity contribution is 6.47. The van der Waals surface area contributed by atoms with Crippen molar-refractivity contribution in [2.75, 3.05) is 6.61 Å². The number of pyridine rings is 1. The topological polar surface area (TPSA) is 79.7 Å². The molecule has 1 N–H and O–H groups in total. The molecule has 4 rings (SSSR count). The van der Waals surface area contributed by atoms with Crippen molar-refractivity contribution in [3.05, 3.63) is 100 Å². The number of carbonyl (C=O) groups is 2. The Morgan fingerprint density at radius 1 is 1.09 bits per heavy atom. The van der Waals surface area contributed by atoms with E-state index in [1.54, 1.807) is 36.5 Å². The van der Waals surface area contributed by atoms with Gasteiger partial charge in [-0.15, -0.1) is 0 Å². The van der Waals surface area contributed by atoms with E-state index in [0.29, 0.717) is 23.6 Å². The lowest BCUT2D eigenvalue weighted by molar-refractivity contribution is -0.140. The van der Waals surface area contributed by atoms with Gasteiger partial charge in [0.2, 0.25) is 0 Å². The van der Waals surface area contributed by atoms with Crippen molar-refractivity contribution in [3.8, 4) is 5.75 Å². The molecular formula is C25H21ClN2O4. The number of likely N-dealkylation sites (tertiary alicyclic amines) is 1. The fraction of sp³-hybridized carbons (Fsp3) is 0.160. The summed E-state index contributed by atoms with van der Waals surface area (Å²) in [5.41, 5.74) is 1.54. The number of hydrogen-bond acceptors (Lipinski definition) is 5. The van der Waals surface area contributed by atoms with Crippen LogP contribution in [-0.2, 0) is 16.1 Å². The van der Waals surface area contributed by atoms with E-state index in [-0.39, 0.29) is 28.5 Å². The van der Waals surface area contributed by atoms with Gasteiger partial charge < -0.3 is 14.7 Å².